The zero-order valence-corrected chi connectivity index (χ0v) is 12.0. The molecule has 1 rings (SSSR count). The van der Waals surface area contributed by atoms with Crippen LogP contribution in [0.3, 0.4) is 0 Å². The summed E-state index contributed by atoms with van der Waals surface area (Å²) >= 11 is 0. The molecule has 1 N–H and O–H groups in total. The Hall–Kier alpha value is -0.130. The van der Waals surface area contributed by atoms with Crippen molar-refractivity contribution in [2.45, 2.75) is 52.5 Å². The third-order valence-electron chi connectivity index (χ3n) is 3.01. The summed E-state index contributed by atoms with van der Waals surface area (Å²) in [4.78, 5) is 0. The van der Waals surface area contributed by atoms with Crippen molar-refractivity contribution in [3.05, 3.63) is 0 Å². The fraction of sp³-hybridized carbons (Fsp3) is 1.00. The summed E-state index contributed by atoms with van der Waals surface area (Å²) in [5.41, 5.74) is -0.222. The normalized spacial score (nSPS) is 23.9. The van der Waals surface area contributed by atoms with Gasteiger partial charge in [0.1, 0.15) is 0 Å². The third-order valence-corrected chi connectivity index (χ3v) is 5.43. The lowest BCUT2D eigenvalue weighted by molar-refractivity contribution is 0.191. The number of hydrogen-bond acceptors (Lipinski definition) is 3. The van der Waals surface area contributed by atoms with Gasteiger partial charge in [-0.3, -0.25) is 0 Å². The van der Waals surface area contributed by atoms with E-state index in [9.17, 15) is 8.42 Å². The standard InChI is InChI=1S/C12H25NO3S/c1-12(2,3)10-17(15,16)13-8-5-4-6-11(13)7-9-14/h11,14H,4-10H2,1-3H3. The molecule has 1 aliphatic heterocycles. The molecule has 1 aliphatic rings. The monoisotopic (exact) mass is 263 g/mol. The molecule has 0 radical (unpaired) electrons. The zero-order valence-electron chi connectivity index (χ0n) is 11.1. The second kappa shape index (κ2) is 5.67. The van der Waals surface area contributed by atoms with E-state index in [1.807, 2.05) is 20.8 Å². The van der Waals surface area contributed by atoms with Crippen molar-refractivity contribution in [1.29, 1.82) is 0 Å². The van der Waals surface area contributed by atoms with E-state index in [2.05, 4.69) is 0 Å². The quantitative estimate of drug-likeness (QED) is 0.838. The summed E-state index contributed by atoms with van der Waals surface area (Å²) in [5.74, 6) is 0.182. The van der Waals surface area contributed by atoms with E-state index in [0.717, 1.165) is 19.3 Å². The largest absolute Gasteiger partial charge is 0.396 e. The number of sulfonamides is 1. The Kier molecular flexibility index (Phi) is 4.98. The van der Waals surface area contributed by atoms with E-state index in [4.69, 9.17) is 5.11 Å². The number of aliphatic hydroxyl groups is 1. The highest BCUT2D eigenvalue weighted by molar-refractivity contribution is 7.89. The lowest BCUT2D eigenvalue weighted by atomic mass is 10.0. The summed E-state index contributed by atoms with van der Waals surface area (Å²) in [7, 11) is -3.19. The minimum Gasteiger partial charge on any atom is -0.396 e. The van der Waals surface area contributed by atoms with Gasteiger partial charge in [-0.05, 0) is 24.7 Å². The van der Waals surface area contributed by atoms with Gasteiger partial charge >= 0.3 is 0 Å². The number of rotatable bonds is 4. The predicted molar refractivity (Wildman–Crippen MR) is 69.3 cm³/mol. The van der Waals surface area contributed by atoms with E-state index in [1.165, 1.54) is 0 Å². The lowest BCUT2D eigenvalue weighted by Crippen LogP contribution is -2.46. The second-order valence-corrected chi connectivity index (χ2v) is 8.01. The molecule has 4 nitrogen and oxygen atoms in total. The average molecular weight is 263 g/mol. The molecule has 1 saturated heterocycles. The molecule has 0 spiro atoms. The van der Waals surface area contributed by atoms with Gasteiger partial charge in [0.15, 0.2) is 0 Å². The van der Waals surface area contributed by atoms with E-state index >= 15 is 0 Å². The van der Waals surface area contributed by atoms with E-state index in [-0.39, 0.29) is 23.8 Å². The molecule has 1 atom stereocenters. The maximum atomic E-state index is 12.3. The van der Waals surface area contributed by atoms with E-state index < -0.39 is 10.0 Å². The molecule has 0 aromatic rings. The smallest absolute Gasteiger partial charge is 0.214 e. The first-order valence-corrected chi connectivity index (χ1v) is 7.97. The van der Waals surface area contributed by atoms with Gasteiger partial charge in [-0.1, -0.05) is 27.2 Å². The fourth-order valence-corrected chi connectivity index (χ4v) is 4.74. The second-order valence-electron chi connectivity index (χ2n) is 6.09. The minimum atomic E-state index is -3.19. The highest BCUT2D eigenvalue weighted by atomic mass is 32.2. The molecule has 0 aromatic carbocycles. The van der Waals surface area contributed by atoms with Crippen LogP contribution in [0.2, 0.25) is 0 Å². The van der Waals surface area contributed by atoms with Crippen LogP contribution in [0.15, 0.2) is 0 Å². The van der Waals surface area contributed by atoms with Gasteiger partial charge < -0.3 is 5.11 Å². The predicted octanol–water partition coefficient (Wildman–Crippen LogP) is 1.60. The molecule has 0 saturated carbocycles. The van der Waals surface area contributed by atoms with Crippen LogP contribution in [0.5, 0.6) is 0 Å². The first-order valence-electron chi connectivity index (χ1n) is 6.37. The topological polar surface area (TPSA) is 57.6 Å². The van der Waals surface area contributed by atoms with Crippen LogP contribution in [-0.4, -0.2) is 42.8 Å². The Balaban J connectivity index is 2.80. The maximum absolute atomic E-state index is 12.3. The number of aliphatic hydroxyl groups excluding tert-OH is 1. The van der Waals surface area contributed by atoms with Crippen LogP contribution in [0.25, 0.3) is 0 Å². The van der Waals surface area contributed by atoms with Crippen molar-refractivity contribution >= 4 is 10.0 Å². The van der Waals surface area contributed by atoms with Gasteiger partial charge in [-0.15, -0.1) is 0 Å². The highest BCUT2D eigenvalue weighted by Crippen LogP contribution is 2.26. The summed E-state index contributed by atoms with van der Waals surface area (Å²) < 4.78 is 26.3. The lowest BCUT2D eigenvalue weighted by Gasteiger charge is -2.36. The van der Waals surface area contributed by atoms with Gasteiger partial charge in [-0.25, -0.2) is 8.42 Å². The van der Waals surface area contributed by atoms with Crippen molar-refractivity contribution < 1.29 is 13.5 Å². The molecule has 1 fully saturated rings. The van der Waals surface area contributed by atoms with Crippen LogP contribution in [0, 0.1) is 5.41 Å². The first kappa shape index (κ1) is 14.9. The number of nitrogens with zero attached hydrogens (tertiary/aromatic N) is 1. The Morgan fingerprint density at radius 2 is 1.94 bits per heavy atom. The SMILES string of the molecule is CC(C)(C)CS(=O)(=O)N1CCCCC1CCO. The molecule has 102 valence electrons. The average Bonchev–Trinajstić information content (AvgIpc) is 2.15. The maximum Gasteiger partial charge on any atom is 0.214 e. The molecule has 5 heteroatoms. The molecular weight excluding hydrogens is 238 g/mol. The van der Waals surface area contributed by atoms with Crippen molar-refractivity contribution in [3.63, 3.8) is 0 Å². The Labute approximate surface area is 105 Å². The van der Waals surface area contributed by atoms with Crippen LogP contribution in [0.4, 0.5) is 0 Å². The summed E-state index contributed by atoms with van der Waals surface area (Å²) in [6.45, 7) is 6.50. The van der Waals surface area contributed by atoms with Crippen molar-refractivity contribution in [2.75, 3.05) is 18.9 Å². The Morgan fingerprint density at radius 3 is 2.47 bits per heavy atom. The number of piperidine rings is 1. The fourth-order valence-electron chi connectivity index (χ4n) is 2.41. The molecule has 1 heterocycles. The van der Waals surface area contributed by atoms with Gasteiger partial charge in [-0.2, -0.15) is 4.31 Å². The van der Waals surface area contributed by atoms with Crippen molar-refractivity contribution in [3.8, 4) is 0 Å². The van der Waals surface area contributed by atoms with Gasteiger partial charge in [0.2, 0.25) is 10.0 Å². The van der Waals surface area contributed by atoms with Gasteiger partial charge in [0, 0.05) is 19.2 Å². The molecule has 0 amide bonds. The first-order chi connectivity index (χ1) is 7.76. The number of hydrogen-bond donors (Lipinski definition) is 1. The molecule has 0 aliphatic carbocycles. The zero-order chi connectivity index (χ0) is 13.1. The van der Waals surface area contributed by atoms with Gasteiger partial charge in [0.05, 0.1) is 5.75 Å². The van der Waals surface area contributed by atoms with Crippen molar-refractivity contribution in [2.24, 2.45) is 5.41 Å². The minimum absolute atomic E-state index is 0.00102. The molecule has 1 unspecified atom stereocenters. The van der Waals surface area contributed by atoms with Gasteiger partial charge in [0.25, 0.3) is 0 Å². The highest BCUT2D eigenvalue weighted by Gasteiger charge is 2.34. The summed E-state index contributed by atoms with van der Waals surface area (Å²) in [6.07, 6.45) is 3.44. The van der Waals surface area contributed by atoms with E-state index in [1.54, 1.807) is 4.31 Å². The van der Waals surface area contributed by atoms with Crippen molar-refractivity contribution in [1.82, 2.24) is 4.31 Å². The summed E-state index contributed by atoms with van der Waals surface area (Å²) in [6, 6.07) is 0.00102. The molecule has 17 heavy (non-hydrogen) atoms. The van der Waals surface area contributed by atoms with Crippen LogP contribution >= 0.6 is 0 Å². The van der Waals surface area contributed by atoms with Crippen LogP contribution in [0.1, 0.15) is 46.5 Å². The Morgan fingerprint density at radius 1 is 1.29 bits per heavy atom. The van der Waals surface area contributed by atoms with E-state index in [0.29, 0.717) is 13.0 Å². The summed E-state index contributed by atoms with van der Waals surface area (Å²) in [5, 5.41) is 9.01. The third kappa shape index (κ3) is 4.56. The Bertz CT molecular complexity index is 330. The van der Waals surface area contributed by atoms with Crippen LogP contribution in [-0.2, 0) is 10.0 Å². The molecular formula is C12H25NO3S. The molecule has 0 aromatic heterocycles. The van der Waals surface area contributed by atoms with Crippen LogP contribution < -0.4 is 0 Å². The molecule has 0 bridgehead atoms.